The first-order valence-electron chi connectivity index (χ1n) is 6.30. The average Bonchev–Trinajstić information content (AvgIpc) is 2.92. The number of para-hydroxylation sites is 1. The van der Waals surface area contributed by atoms with Gasteiger partial charge in [0.2, 0.25) is 5.78 Å². The molecule has 1 aromatic heterocycles. The molecule has 2 aromatic carbocycles. The highest BCUT2D eigenvalue weighted by Gasteiger charge is 2.09. The van der Waals surface area contributed by atoms with Gasteiger partial charge >= 0.3 is 0 Å². The summed E-state index contributed by atoms with van der Waals surface area (Å²) < 4.78 is 5.51. The number of halogens is 2. The first-order valence-corrected chi connectivity index (χ1v) is 7.06. The third kappa shape index (κ3) is 2.87. The lowest BCUT2D eigenvalue weighted by Gasteiger charge is -1.99. The molecule has 3 rings (SSSR count). The number of benzene rings is 2. The third-order valence-corrected chi connectivity index (χ3v) is 3.90. The molecule has 0 N–H and O–H groups in total. The number of furan rings is 1. The Morgan fingerprint density at radius 2 is 1.86 bits per heavy atom. The van der Waals surface area contributed by atoms with Crippen LogP contribution in [0.3, 0.4) is 0 Å². The number of fused-ring (bicyclic) bond motifs is 1. The molecule has 1 heterocycles. The molecule has 2 nitrogen and oxygen atoms in total. The Morgan fingerprint density at radius 3 is 2.67 bits per heavy atom. The monoisotopic (exact) mass is 316 g/mol. The van der Waals surface area contributed by atoms with E-state index in [-0.39, 0.29) is 5.78 Å². The van der Waals surface area contributed by atoms with E-state index < -0.39 is 0 Å². The van der Waals surface area contributed by atoms with E-state index >= 15 is 0 Å². The second-order valence-corrected chi connectivity index (χ2v) is 5.27. The van der Waals surface area contributed by atoms with Crippen LogP contribution in [-0.4, -0.2) is 5.78 Å². The highest BCUT2D eigenvalue weighted by Crippen LogP contribution is 2.26. The fourth-order valence-electron chi connectivity index (χ4n) is 2.00. The van der Waals surface area contributed by atoms with Crippen LogP contribution in [0.5, 0.6) is 0 Å². The van der Waals surface area contributed by atoms with E-state index in [2.05, 4.69) is 0 Å². The van der Waals surface area contributed by atoms with Crippen molar-refractivity contribution in [2.45, 2.75) is 0 Å². The molecule has 3 aromatic rings. The van der Waals surface area contributed by atoms with Gasteiger partial charge in [-0.3, -0.25) is 4.79 Å². The van der Waals surface area contributed by atoms with Gasteiger partial charge in [-0.2, -0.15) is 0 Å². The van der Waals surface area contributed by atoms with E-state index in [4.69, 9.17) is 27.6 Å². The molecule has 0 aliphatic heterocycles. The van der Waals surface area contributed by atoms with Gasteiger partial charge in [0.15, 0.2) is 5.76 Å². The fourth-order valence-corrected chi connectivity index (χ4v) is 2.37. The molecule has 0 radical (unpaired) electrons. The van der Waals surface area contributed by atoms with E-state index in [1.54, 1.807) is 30.3 Å². The third-order valence-electron chi connectivity index (χ3n) is 3.06. The SMILES string of the molecule is O=C(C=Cc1cccc(Cl)c1Cl)c1cc2ccccc2o1. The Kier molecular flexibility index (Phi) is 3.82. The van der Waals surface area contributed by atoms with Crippen LogP contribution in [0.2, 0.25) is 10.0 Å². The highest BCUT2D eigenvalue weighted by molar-refractivity contribution is 6.42. The van der Waals surface area contributed by atoms with Crippen molar-refractivity contribution in [2.24, 2.45) is 0 Å². The second-order valence-electron chi connectivity index (χ2n) is 4.49. The summed E-state index contributed by atoms with van der Waals surface area (Å²) in [5.74, 6) is 0.0767. The largest absolute Gasteiger partial charge is 0.453 e. The lowest BCUT2D eigenvalue weighted by molar-refractivity contribution is 0.102. The van der Waals surface area contributed by atoms with Crippen LogP contribution in [-0.2, 0) is 0 Å². The minimum absolute atomic E-state index is 0.220. The maximum Gasteiger partial charge on any atom is 0.221 e. The highest BCUT2D eigenvalue weighted by atomic mass is 35.5. The Balaban J connectivity index is 1.88. The van der Waals surface area contributed by atoms with Crippen LogP contribution in [0.1, 0.15) is 16.1 Å². The number of carbonyl (C=O) groups excluding carboxylic acids is 1. The van der Waals surface area contributed by atoms with Crippen molar-refractivity contribution in [1.29, 1.82) is 0 Å². The normalized spacial score (nSPS) is 11.3. The molecule has 21 heavy (non-hydrogen) atoms. The topological polar surface area (TPSA) is 30.2 Å². The van der Waals surface area contributed by atoms with Crippen LogP contribution in [0.15, 0.2) is 59.0 Å². The second kappa shape index (κ2) is 5.76. The molecule has 0 saturated heterocycles. The average molecular weight is 317 g/mol. The minimum atomic E-state index is -0.220. The molecule has 0 saturated carbocycles. The number of hydrogen-bond donors (Lipinski definition) is 0. The van der Waals surface area contributed by atoms with Gasteiger partial charge in [0.05, 0.1) is 10.0 Å². The molecule has 0 amide bonds. The van der Waals surface area contributed by atoms with Gasteiger partial charge in [-0.15, -0.1) is 0 Å². The van der Waals surface area contributed by atoms with Crippen LogP contribution in [0.25, 0.3) is 17.0 Å². The van der Waals surface area contributed by atoms with E-state index in [1.807, 2.05) is 24.3 Å². The predicted molar refractivity (Wildman–Crippen MR) is 86.0 cm³/mol. The van der Waals surface area contributed by atoms with E-state index in [0.717, 1.165) is 5.39 Å². The van der Waals surface area contributed by atoms with Crippen molar-refractivity contribution in [3.8, 4) is 0 Å². The van der Waals surface area contributed by atoms with Crippen molar-refractivity contribution in [3.05, 3.63) is 76.0 Å². The summed E-state index contributed by atoms with van der Waals surface area (Å²) in [7, 11) is 0. The molecule has 0 aliphatic rings. The van der Waals surface area contributed by atoms with Crippen LogP contribution in [0, 0.1) is 0 Å². The summed E-state index contributed by atoms with van der Waals surface area (Å²) in [6.07, 6.45) is 3.05. The smallest absolute Gasteiger partial charge is 0.221 e. The van der Waals surface area contributed by atoms with Gasteiger partial charge in [0.1, 0.15) is 5.58 Å². The van der Waals surface area contributed by atoms with Crippen LogP contribution < -0.4 is 0 Å². The first-order chi connectivity index (χ1) is 10.1. The maximum absolute atomic E-state index is 12.1. The first kappa shape index (κ1) is 13.9. The molecule has 0 atom stereocenters. The lowest BCUT2D eigenvalue weighted by Crippen LogP contribution is -1.90. The van der Waals surface area contributed by atoms with E-state index in [1.165, 1.54) is 6.08 Å². The molecule has 0 fully saturated rings. The van der Waals surface area contributed by atoms with Crippen LogP contribution >= 0.6 is 23.2 Å². The van der Waals surface area contributed by atoms with Gasteiger partial charge in [-0.05, 0) is 35.9 Å². The molecule has 104 valence electrons. The maximum atomic E-state index is 12.1. The molecule has 0 spiro atoms. The number of rotatable bonds is 3. The predicted octanol–water partition coefficient (Wildman–Crippen LogP) is 5.64. The Bertz CT molecular complexity index is 814. The standard InChI is InChI=1S/C17H10Cl2O2/c18-13-6-3-5-11(17(13)19)8-9-14(20)16-10-12-4-1-2-7-15(12)21-16/h1-10H. The number of hydrogen-bond acceptors (Lipinski definition) is 2. The summed E-state index contributed by atoms with van der Waals surface area (Å²) in [4.78, 5) is 12.1. The molecule has 4 heteroatoms. The Hall–Kier alpha value is -2.03. The zero-order valence-electron chi connectivity index (χ0n) is 10.8. The Morgan fingerprint density at radius 1 is 1.05 bits per heavy atom. The van der Waals surface area contributed by atoms with E-state index in [9.17, 15) is 4.79 Å². The molecular weight excluding hydrogens is 307 g/mol. The lowest BCUT2D eigenvalue weighted by atomic mass is 10.1. The Labute approximate surface area is 131 Å². The van der Waals surface area contributed by atoms with Gasteiger partial charge in [-0.25, -0.2) is 0 Å². The number of ketones is 1. The molecule has 0 unspecified atom stereocenters. The van der Waals surface area contributed by atoms with Gasteiger partial charge in [0.25, 0.3) is 0 Å². The van der Waals surface area contributed by atoms with Crippen molar-refractivity contribution in [1.82, 2.24) is 0 Å². The minimum Gasteiger partial charge on any atom is -0.453 e. The summed E-state index contributed by atoms with van der Waals surface area (Å²) in [6.45, 7) is 0. The summed E-state index contributed by atoms with van der Waals surface area (Å²) in [5, 5.41) is 1.78. The fraction of sp³-hybridized carbons (Fsp3) is 0. The molecular formula is C17H10Cl2O2. The van der Waals surface area contributed by atoms with Crippen molar-refractivity contribution in [2.75, 3.05) is 0 Å². The summed E-state index contributed by atoms with van der Waals surface area (Å²) in [6, 6.07) is 14.5. The van der Waals surface area contributed by atoms with Gasteiger partial charge < -0.3 is 4.42 Å². The van der Waals surface area contributed by atoms with Gasteiger partial charge in [-0.1, -0.05) is 53.5 Å². The van der Waals surface area contributed by atoms with Crippen LogP contribution in [0.4, 0.5) is 0 Å². The molecule has 0 aliphatic carbocycles. The number of carbonyl (C=O) groups is 1. The zero-order valence-corrected chi connectivity index (χ0v) is 12.4. The van der Waals surface area contributed by atoms with E-state index in [0.29, 0.717) is 27.0 Å². The van der Waals surface area contributed by atoms with Gasteiger partial charge in [0, 0.05) is 5.39 Å². The summed E-state index contributed by atoms with van der Waals surface area (Å²) in [5.41, 5.74) is 1.38. The summed E-state index contributed by atoms with van der Waals surface area (Å²) >= 11 is 12.0. The zero-order chi connectivity index (χ0) is 14.8. The quantitative estimate of drug-likeness (QED) is 0.462. The van der Waals surface area contributed by atoms with Crippen molar-refractivity contribution >= 4 is 46.0 Å². The molecule has 0 bridgehead atoms. The number of allylic oxidation sites excluding steroid dienone is 1. The van der Waals surface area contributed by atoms with Crippen molar-refractivity contribution in [3.63, 3.8) is 0 Å². The van der Waals surface area contributed by atoms with Crippen molar-refractivity contribution < 1.29 is 9.21 Å².